The molecule has 7 heteroatoms. The van der Waals surface area contributed by atoms with Gasteiger partial charge in [0.2, 0.25) is 0 Å². The second kappa shape index (κ2) is 9.47. The molecule has 0 saturated carbocycles. The summed E-state index contributed by atoms with van der Waals surface area (Å²) in [5, 5.41) is 11.8. The van der Waals surface area contributed by atoms with Crippen LogP contribution >= 0.6 is 11.6 Å². The van der Waals surface area contributed by atoms with Crippen LogP contribution in [0.1, 0.15) is 33.9 Å². The van der Waals surface area contributed by atoms with Crippen LogP contribution in [0.5, 0.6) is 11.5 Å². The van der Waals surface area contributed by atoms with Gasteiger partial charge in [0.25, 0.3) is 11.7 Å². The number of halogens is 1. The first kappa shape index (κ1) is 24.4. The second-order valence-corrected chi connectivity index (χ2v) is 8.97. The summed E-state index contributed by atoms with van der Waals surface area (Å²) in [5.41, 5.74) is 3.98. The van der Waals surface area contributed by atoms with Gasteiger partial charge >= 0.3 is 0 Å². The number of carbonyl (C=O) groups is 2. The van der Waals surface area contributed by atoms with Crippen LogP contribution in [-0.2, 0) is 9.59 Å². The van der Waals surface area contributed by atoms with Crippen LogP contribution in [0.25, 0.3) is 5.76 Å². The van der Waals surface area contributed by atoms with Crippen molar-refractivity contribution in [3.63, 3.8) is 0 Å². The molecule has 35 heavy (non-hydrogen) atoms. The van der Waals surface area contributed by atoms with Gasteiger partial charge in [-0.1, -0.05) is 35.9 Å². The van der Waals surface area contributed by atoms with E-state index in [0.717, 1.165) is 16.7 Å². The van der Waals surface area contributed by atoms with Crippen LogP contribution in [0.4, 0.5) is 5.69 Å². The highest BCUT2D eigenvalue weighted by Crippen LogP contribution is 2.45. The molecule has 1 saturated heterocycles. The molecule has 0 spiro atoms. The molecule has 0 aromatic heterocycles. The molecular weight excluding hydrogens is 466 g/mol. The van der Waals surface area contributed by atoms with Crippen molar-refractivity contribution >= 4 is 34.7 Å². The predicted molar refractivity (Wildman–Crippen MR) is 136 cm³/mol. The smallest absolute Gasteiger partial charge is 0.300 e. The maximum atomic E-state index is 13.5. The second-order valence-electron chi connectivity index (χ2n) is 8.56. The van der Waals surface area contributed by atoms with Gasteiger partial charge in [0, 0.05) is 5.69 Å². The number of aliphatic hydroxyl groups excluding tert-OH is 1. The van der Waals surface area contributed by atoms with E-state index in [4.69, 9.17) is 21.1 Å². The zero-order chi connectivity index (χ0) is 25.4. The van der Waals surface area contributed by atoms with E-state index in [1.807, 2.05) is 39.0 Å². The van der Waals surface area contributed by atoms with E-state index >= 15 is 0 Å². The molecule has 1 aliphatic rings. The standard InChI is InChI=1S/C28H26ClNO5/c1-15-6-7-17(3)22(14-15)30-24(18-8-10-19(34-4)11-9-18)23(26(32)28(30)33)25(31)20-12-16(2)13-21(29)27(20)35-5/h6-14,24,31H,1-5H3/b25-23+. The number of ketones is 1. The summed E-state index contributed by atoms with van der Waals surface area (Å²) in [4.78, 5) is 28.4. The van der Waals surface area contributed by atoms with Crippen LogP contribution in [0, 0.1) is 20.8 Å². The van der Waals surface area contributed by atoms with Gasteiger partial charge < -0.3 is 14.6 Å². The van der Waals surface area contributed by atoms with Crippen molar-refractivity contribution < 1.29 is 24.2 Å². The van der Waals surface area contributed by atoms with E-state index < -0.39 is 17.7 Å². The first-order valence-corrected chi connectivity index (χ1v) is 11.4. The Balaban J connectivity index is 2.03. The lowest BCUT2D eigenvalue weighted by molar-refractivity contribution is -0.132. The largest absolute Gasteiger partial charge is 0.507 e. The molecule has 6 nitrogen and oxygen atoms in total. The zero-order valence-electron chi connectivity index (χ0n) is 20.2. The molecule has 1 atom stereocenters. The van der Waals surface area contributed by atoms with Gasteiger partial charge in [-0.3, -0.25) is 14.5 Å². The molecule has 1 unspecified atom stereocenters. The summed E-state index contributed by atoms with van der Waals surface area (Å²) < 4.78 is 10.7. The molecule has 1 fully saturated rings. The number of nitrogens with zero attached hydrogens (tertiary/aromatic N) is 1. The number of methoxy groups -OCH3 is 2. The number of ether oxygens (including phenoxy) is 2. The predicted octanol–water partition coefficient (Wildman–Crippen LogP) is 5.91. The molecule has 180 valence electrons. The van der Waals surface area contributed by atoms with Crippen molar-refractivity contribution in [2.75, 3.05) is 19.1 Å². The Bertz CT molecular complexity index is 1360. The fourth-order valence-electron chi connectivity index (χ4n) is 4.42. The lowest BCUT2D eigenvalue weighted by Gasteiger charge is -2.27. The van der Waals surface area contributed by atoms with Crippen LogP contribution < -0.4 is 14.4 Å². The molecule has 0 radical (unpaired) electrons. The third-order valence-electron chi connectivity index (χ3n) is 6.15. The number of benzene rings is 3. The van der Waals surface area contributed by atoms with Gasteiger partial charge in [-0.05, 0) is 73.4 Å². The number of amides is 1. The number of anilines is 1. The lowest BCUT2D eigenvalue weighted by atomic mass is 9.94. The topological polar surface area (TPSA) is 76.1 Å². The molecule has 1 aliphatic heterocycles. The lowest BCUT2D eigenvalue weighted by Crippen LogP contribution is -2.30. The number of carbonyl (C=O) groups excluding carboxylic acids is 2. The molecule has 1 amide bonds. The van der Waals surface area contributed by atoms with Gasteiger partial charge in [0.05, 0.1) is 36.4 Å². The molecule has 3 aromatic carbocycles. The molecular formula is C28H26ClNO5. The highest BCUT2D eigenvalue weighted by Gasteiger charge is 2.47. The van der Waals surface area contributed by atoms with Crippen molar-refractivity contribution in [2.24, 2.45) is 0 Å². The Morgan fingerprint density at radius 2 is 1.60 bits per heavy atom. The van der Waals surface area contributed by atoms with Gasteiger partial charge in [-0.25, -0.2) is 0 Å². The first-order valence-electron chi connectivity index (χ1n) is 11.0. The summed E-state index contributed by atoms with van der Waals surface area (Å²) in [5.74, 6) is -1.01. The van der Waals surface area contributed by atoms with E-state index in [2.05, 4.69) is 0 Å². The van der Waals surface area contributed by atoms with Crippen molar-refractivity contribution in [1.82, 2.24) is 0 Å². The third kappa shape index (κ3) is 4.26. The van der Waals surface area contributed by atoms with Crippen LogP contribution in [-0.4, -0.2) is 31.0 Å². The summed E-state index contributed by atoms with van der Waals surface area (Å²) in [7, 11) is 2.99. The minimum absolute atomic E-state index is 0.0407. The van der Waals surface area contributed by atoms with Crippen molar-refractivity contribution in [3.8, 4) is 11.5 Å². The Hall–Kier alpha value is -3.77. The number of hydrogen-bond acceptors (Lipinski definition) is 5. The fourth-order valence-corrected chi connectivity index (χ4v) is 4.77. The van der Waals surface area contributed by atoms with Gasteiger partial charge in [-0.2, -0.15) is 0 Å². The van der Waals surface area contributed by atoms with E-state index in [9.17, 15) is 14.7 Å². The van der Waals surface area contributed by atoms with Gasteiger partial charge in [0.15, 0.2) is 0 Å². The average molecular weight is 492 g/mol. The van der Waals surface area contributed by atoms with Crippen LogP contribution in [0.3, 0.4) is 0 Å². The monoisotopic (exact) mass is 491 g/mol. The van der Waals surface area contributed by atoms with E-state index in [-0.39, 0.29) is 22.6 Å². The molecule has 1 heterocycles. The summed E-state index contributed by atoms with van der Waals surface area (Å²) in [6.07, 6.45) is 0. The molecule has 0 aliphatic carbocycles. The van der Waals surface area contributed by atoms with E-state index in [1.54, 1.807) is 43.5 Å². The minimum Gasteiger partial charge on any atom is -0.507 e. The van der Waals surface area contributed by atoms with Gasteiger partial charge in [-0.15, -0.1) is 0 Å². The summed E-state index contributed by atoms with van der Waals surface area (Å²) >= 11 is 6.37. The Morgan fingerprint density at radius 1 is 0.914 bits per heavy atom. The quantitative estimate of drug-likeness (QED) is 0.273. The number of aryl methyl sites for hydroxylation is 3. The minimum atomic E-state index is -0.870. The zero-order valence-corrected chi connectivity index (χ0v) is 20.9. The highest BCUT2D eigenvalue weighted by molar-refractivity contribution is 6.52. The Labute approximate surface area is 209 Å². The average Bonchev–Trinajstić information content (AvgIpc) is 3.10. The number of aliphatic hydroxyl groups is 1. The van der Waals surface area contributed by atoms with Crippen molar-refractivity contribution in [1.29, 1.82) is 0 Å². The van der Waals surface area contributed by atoms with E-state index in [1.165, 1.54) is 12.0 Å². The normalized spacial score (nSPS) is 17.1. The fraction of sp³-hybridized carbons (Fsp3) is 0.214. The number of hydrogen-bond donors (Lipinski definition) is 1. The maximum Gasteiger partial charge on any atom is 0.300 e. The molecule has 3 aromatic rings. The highest BCUT2D eigenvalue weighted by atomic mass is 35.5. The molecule has 0 bridgehead atoms. The molecule has 1 N–H and O–H groups in total. The third-order valence-corrected chi connectivity index (χ3v) is 6.43. The number of Topliss-reactive ketones (excluding diaryl/α,β-unsaturated/α-hetero) is 1. The Kier molecular flexibility index (Phi) is 6.59. The van der Waals surface area contributed by atoms with Gasteiger partial charge in [0.1, 0.15) is 17.3 Å². The summed E-state index contributed by atoms with van der Waals surface area (Å²) in [6.45, 7) is 5.61. The van der Waals surface area contributed by atoms with E-state index in [0.29, 0.717) is 22.0 Å². The van der Waals surface area contributed by atoms with Crippen LogP contribution in [0.15, 0.2) is 60.2 Å². The first-order chi connectivity index (χ1) is 16.7. The SMILES string of the molecule is COc1ccc(C2/C(=C(\O)c3cc(C)cc(Cl)c3OC)C(=O)C(=O)N2c2cc(C)ccc2C)cc1. The molecule has 4 rings (SSSR count). The van der Waals surface area contributed by atoms with Crippen LogP contribution in [0.2, 0.25) is 5.02 Å². The number of rotatable bonds is 5. The van der Waals surface area contributed by atoms with Crippen molar-refractivity contribution in [3.05, 3.63) is 93.0 Å². The van der Waals surface area contributed by atoms with Crippen molar-refractivity contribution in [2.45, 2.75) is 26.8 Å². The summed E-state index contributed by atoms with van der Waals surface area (Å²) in [6, 6.07) is 15.3. The maximum absolute atomic E-state index is 13.5. The Morgan fingerprint density at radius 3 is 2.23 bits per heavy atom.